The molecule has 0 bridgehead atoms. The van der Waals surface area contributed by atoms with Gasteiger partial charge in [0.2, 0.25) is 0 Å². The maximum atomic E-state index is 13.1. The molecule has 1 aliphatic rings. The van der Waals surface area contributed by atoms with Crippen LogP contribution in [-0.4, -0.2) is 28.9 Å². The largest absolute Gasteiger partial charge is 0.337 e. The van der Waals surface area contributed by atoms with E-state index in [1.54, 1.807) is 18.2 Å². The fraction of sp³-hybridized carbons (Fsp3) is 0.375. The average Bonchev–Trinajstić information content (AvgIpc) is 2.75. The molecule has 104 valence electrons. The van der Waals surface area contributed by atoms with Crippen LogP contribution in [0.4, 0.5) is 4.39 Å². The minimum Gasteiger partial charge on any atom is -0.337 e. The summed E-state index contributed by atoms with van der Waals surface area (Å²) in [6.45, 7) is 1.62. The Morgan fingerprint density at radius 3 is 2.55 bits per heavy atom. The molecule has 3 rings (SSSR count). The number of nitrogens with zero attached hydrogens (tertiary/aromatic N) is 2. The summed E-state index contributed by atoms with van der Waals surface area (Å²) in [6.07, 6.45) is 4.50. The molecule has 0 radical (unpaired) electrons. The van der Waals surface area contributed by atoms with Crippen molar-refractivity contribution in [3.8, 4) is 0 Å². The number of benzene rings is 1. The monoisotopic (exact) mass is 272 g/mol. The van der Waals surface area contributed by atoms with Crippen molar-refractivity contribution in [1.29, 1.82) is 0 Å². The van der Waals surface area contributed by atoms with E-state index in [1.807, 2.05) is 4.90 Å². The summed E-state index contributed by atoms with van der Waals surface area (Å²) in [6, 6.07) is 7.87. The van der Waals surface area contributed by atoms with E-state index in [-0.39, 0.29) is 11.7 Å². The van der Waals surface area contributed by atoms with Gasteiger partial charge in [0, 0.05) is 18.5 Å². The first-order valence-corrected chi connectivity index (χ1v) is 7.10. The Morgan fingerprint density at radius 2 is 1.80 bits per heavy atom. The highest BCUT2D eigenvalue weighted by Gasteiger charge is 2.18. The van der Waals surface area contributed by atoms with Gasteiger partial charge in [0.05, 0.1) is 5.52 Å². The molecule has 0 atom stereocenters. The second kappa shape index (κ2) is 5.57. The van der Waals surface area contributed by atoms with Crippen molar-refractivity contribution in [3.05, 3.63) is 41.8 Å². The van der Waals surface area contributed by atoms with E-state index in [9.17, 15) is 9.18 Å². The third kappa shape index (κ3) is 2.64. The Labute approximate surface area is 117 Å². The van der Waals surface area contributed by atoms with Gasteiger partial charge in [-0.2, -0.15) is 0 Å². The zero-order valence-electron chi connectivity index (χ0n) is 11.3. The molecular formula is C16H17FN2O. The van der Waals surface area contributed by atoms with Crippen LogP contribution in [0.25, 0.3) is 10.9 Å². The number of rotatable bonds is 1. The maximum Gasteiger partial charge on any atom is 0.272 e. The molecular weight excluding hydrogens is 255 g/mol. The Balaban J connectivity index is 1.89. The molecule has 3 nitrogen and oxygen atoms in total. The zero-order chi connectivity index (χ0) is 13.9. The third-order valence-corrected chi connectivity index (χ3v) is 3.76. The summed E-state index contributed by atoms with van der Waals surface area (Å²) < 4.78 is 13.1. The van der Waals surface area contributed by atoms with Crippen LogP contribution in [0.2, 0.25) is 0 Å². The van der Waals surface area contributed by atoms with Gasteiger partial charge < -0.3 is 4.90 Å². The zero-order valence-corrected chi connectivity index (χ0v) is 11.3. The molecule has 1 aromatic carbocycles. The van der Waals surface area contributed by atoms with Gasteiger partial charge in [0.1, 0.15) is 11.5 Å². The van der Waals surface area contributed by atoms with E-state index < -0.39 is 0 Å². The van der Waals surface area contributed by atoms with Crippen molar-refractivity contribution in [2.45, 2.75) is 25.7 Å². The van der Waals surface area contributed by atoms with Crippen molar-refractivity contribution >= 4 is 16.8 Å². The predicted molar refractivity (Wildman–Crippen MR) is 76.1 cm³/mol. The van der Waals surface area contributed by atoms with Crippen LogP contribution in [0.3, 0.4) is 0 Å². The van der Waals surface area contributed by atoms with Crippen LogP contribution in [0.15, 0.2) is 30.3 Å². The quantitative estimate of drug-likeness (QED) is 0.797. The van der Waals surface area contributed by atoms with Crippen molar-refractivity contribution < 1.29 is 9.18 Å². The predicted octanol–water partition coefficient (Wildman–Crippen LogP) is 3.39. The maximum absolute atomic E-state index is 13.1. The second-order valence-electron chi connectivity index (χ2n) is 5.24. The number of pyridine rings is 1. The highest BCUT2D eigenvalue weighted by molar-refractivity contribution is 5.94. The van der Waals surface area contributed by atoms with Crippen LogP contribution >= 0.6 is 0 Å². The minimum atomic E-state index is -0.286. The van der Waals surface area contributed by atoms with E-state index >= 15 is 0 Å². The lowest BCUT2D eigenvalue weighted by Crippen LogP contribution is -2.32. The first-order chi connectivity index (χ1) is 9.74. The number of amides is 1. The number of carbonyl (C=O) groups is 1. The van der Waals surface area contributed by atoms with E-state index in [4.69, 9.17) is 0 Å². The molecule has 20 heavy (non-hydrogen) atoms. The first-order valence-electron chi connectivity index (χ1n) is 7.10. The summed E-state index contributed by atoms with van der Waals surface area (Å²) in [5, 5.41) is 0.720. The van der Waals surface area contributed by atoms with Crippen molar-refractivity contribution in [2.75, 3.05) is 13.1 Å². The van der Waals surface area contributed by atoms with E-state index in [0.717, 1.165) is 31.3 Å². The molecule has 2 heterocycles. The molecule has 0 unspecified atom stereocenters. The van der Waals surface area contributed by atoms with Crippen LogP contribution in [-0.2, 0) is 0 Å². The van der Waals surface area contributed by atoms with Gasteiger partial charge in [-0.15, -0.1) is 0 Å². The SMILES string of the molecule is O=C(c1ccc2cc(F)ccc2n1)N1CCCCCC1. The molecule has 0 aliphatic carbocycles. The van der Waals surface area contributed by atoms with Crippen molar-refractivity contribution in [3.63, 3.8) is 0 Å². The summed E-state index contributed by atoms with van der Waals surface area (Å²) >= 11 is 0. The van der Waals surface area contributed by atoms with E-state index in [1.165, 1.54) is 25.0 Å². The summed E-state index contributed by atoms with van der Waals surface area (Å²) in [4.78, 5) is 18.7. The Hall–Kier alpha value is -1.97. The van der Waals surface area contributed by atoms with Crippen LogP contribution in [0, 0.1) is 5.82 Å². The number of carbonyl (C=O) groups excluding carboxylic acids is 1. The molecule has 0 N–H and O–H groups in total. The molecule has 0 spiro atoms. The summed E-state index contributed by atoms with van der Waals surface area (Å²) in [5.74, 6) is -0.302. The smallest absolute Gasteiger partial charge is 0.272 e. The minimum absolute atomic E-state index is 0.0156. The highest BCUT2D eigenvalue weighted by Crippen LogP contribution is 2.17. The fourth-order valence-electron chi connectivity index (χ4n) is 2.65. The van der Waals surface area contributed by atoms with E-state index in [0.29, 0.717) is 11.2 Å². The first kappa shape index (κ1) is 13.0. The number of halogens is 1. The second-order valence-corrected chi connectivity index (χ2v) is 5.24. The molecule has 1 amide bonds. The number of hydrogen-bond acceptors (Lipinski definition) is 2. The van der Waals surface area contributed by atoms with Gasteiger partial charge in [-0.05, 0) is 37.1 Å². The van der Waals surface area contributed by atoms with Gasteiger partial charge in [-0.25, -0.2) is 9.37 Å². The van der Waals surface area contributed by atoms with Crippen molar-refractivity contribution in [2.24, 2.45) is 0 Å². The molecule has 4 heteroatoms. The van der Waals surface area contributed by atoms with Crippen molar-refractivity contribution in [1.82, 2.24) is 9.88 Å². The topological polar surface area (TPSA) is 33.2 Å². The molecule has 1 fully saturated rings. The lowest BCUT2D eigenvalue weighted by Gasteiger charge is -2.19. The lowest BCUT2D eigenvalue weighted by atomic mass is 10.2. The van der Waals surface area contributed by atoms with Crippen LogP contribution in [0.1, 0.15) is 36.2 Å². The van der Waals surface area contributed by atoms with Crippen LogP contribution < -0.4 is 0 Å². The summed E-state index contributed by atoms with van der Waals surface area (Å²) in [5.41, 5.74) is 1.11. The number of likely N-dealkylation sites (tertiary alicyclic amines) is 1. The van der Waals surface area contributed by atoms with Gasteiger partial charge in [-0.3, -0.25) is 4.79 Å². The van der Waals surface area contributed by atoms with Gasteiger partial charge in [0.25, 0.3) is 5.91 Å². The summed E-state index contributed by atoms with van der Waals surface area (Å²) in [7, 11) is 0. The Kier molecular flexibility index (Phi) is 3.63. The highest BCUT2D eigenvalue weighted by atomic mass is 19.1. The third-order valence-electron chi connectivity index (χ3n) is 3.76. The van der Waals surface area contributed by atoms with Gasteiger partial charge >= 0.3 is 0 Å². The Bertz CT molecular complexity index is 633. The van der Waals surface area contributed by atoms with Crippen LogP contribution in [0.5, 0.6) is 0 Å². The standard InChI is InChI=1S/C16H17FN2O/c17-13-6-8-14-12(11-13)5-7-15(18-14)16(20)19-9-3-1-2-4-10-19/h5-8,11H,1-4,9-10H2. The molecule has 1 saturated heterocycles. The van der Waals surface area contributed by atoms with E-state index in [2.05, 4.69) is 4.98 Å². The molecule has 1 aromatic heterocycles. The van der Waals surface area contributed by atoms with Gasteiger partial charge in [0.15, 0.2) is 0 Å². The molecule has 0 saturated carbocycles. The number of hydrogen-bond donors (Lipinski definition) is 0. The average molecular weight is 272 g/mol. The number of fused-ring (bicyclic) bond motifs is 1. The molecule has 2 aromatic rings. The number of aromatic nitrogens is 1. The lowest BCUT2D eigenvalue weighted by molar-refractivity contribution is 0.0756. The molecule has 1 aliphatic heterocycles. The fourth-order valence-corrected chi connectivity index (χ4v) is 2.65. The normalized spacial score (nSPS) is 16.1. The Morgan fingerprint density at radius 1 is 1.05 bits per heavy atom. The van der Waals surface area contributed by atoms with Gasteiger partial charge in [-0.1, -0.05) is 18.9 Å².